The third-order valence-electron chi connectivity index (χ3n) is 2.89. The van der Waals surface area contributed by atoms with Gasteiger partial charge in [0.05, 0.1) is 10.6 Å². The summed E-state index contributed by atoms with van der Waals surface area (Å²) in [6.45, 7) is 7.53. The van der Waals surface area contributed by atoms with E-state index in [1.165, 1.54) is 5.69 Å². The maximum Gasteiger partial charge on any atom is 0.124 e. The van der Waals surface area contributed by atoms with Crippen molar-refractivity contribution in [1.82, 2.24) is 4.98 Å². The summed E-state index contributed by atoms with van der Waals surface area (Å²) in [4.78, 5) is 7.82. The van der Waals surface area contributed by atoms with Gasteiger partial charge >= 0.3 is 0 Å². The van der Waals surface area contributed by atoms with Crippen LogP contribution in [0.3, 0.4) is 0 Å². The summed E-state index contributed by atoms with van der Waals surface area (Å²) in [5.41, 5.74) is 3.25. The van der Waals surface area contributed by atoms with Crippen molar-refractivity contribution in [2.45, 2.75) is 0 Å². The van der Waals surface area contributed by atoms with Crippen molar-refractivity contribution in [3.63, 3.8) is 0 Å². The Kier molecular flexibility index (Phi) is 4.53. The minimum atomic E-state index is 0.941. The Morgan fingerprint density at radius 1 is 1.15 bits per heavy atom. The van der Waals surface area contributed by atoms with Crippen LogP contribution in [0.5, 0.6) is 0 Å². The van der Waals surface area contributed by atoms with E-state index in [4.69, 9.17) is 0 Å². The van der Waals surface area contributed by atoms with Crippen molar-refractivity contribution in [3.05, 3.63) is 60.1 Å². The molecule has 0 radical (unpaired) electrons. The van der Waals surface area contributed by atoms with E-state index in [9.17, 15) is 0 Å². The number of hydrogen-bond donors (Lipinski definition) is 0. The van der Waals surface area contributed by atoms with Crippen molar-refractivity contribution in [3.8, 4) is 10.6 Å². The minimum Gasteiger partial charge on any atom is -0.378 e. The Bertz CT molecular complexity index is 634. The highest BCUT2D eigenvalue weighted by molar-refractivity contribution is 7.16. The van der Waals surface area contributed by atoms with Gasteiger partial charge in [-0.25, -0.2) is 4.98 Å². The standard InChI is InChI=1S/C17H18N2S/c1-5-7-8-15-16(6-2)20-17(18-15)13-9-11-14(12-10-13)19(3)4/h5-12H,1-2H2,3-4H3/b8-7-. The lowest BCUT2D eigenvalue weighted by atomic mass is 10.2. The Labute approximate surface area is 124 Å². The molecule has 0 aliphatic rings. The monoisotopic (exact) mass is 282 g/mol. The predicted octanol–water partition coefficient (Wildman–Crippen LogP) is 4.72. The van der Waals surface area contributed by atoms with Crippen molar-refractivity contribution in [1.29, 1.82) is 0 Å². The third kappa shape index (κ3) is 3.06. The molecule has 102 valence electrons. The van der Waals surface area contributed by atoms with Gasteiger partial charge in [0.1, 0.15) is 5.01 Å². The summed E-state index contributed by atoms with van der Waals surface area (Å²) in [5, 5.41) is 1.01. The second-order valence-corrected chi connectivity index (χ2v) is 5.54. The molecular weight excluding hydrogens is 264 g/mol. The first-order valence-electron chi connectivity index (χ1n) is 6.36. The van der Waals surface area contributed by atoms with Crippen molar-refractivity contribution >= 4 is 29.2 Å². The van der Waals surface area contributed by atoms with Gasteiger partial charge in [0.2, 0.25) is 0 Å². The molecule has 2 aromatic rings. The molecule has 3 heteroatoms. The molecule has 0 saturated heterocycles. The number of aromatic nitrogens is 1. The molecule has 0 atom stereocenters. The SMILES string of the molecule is C=C/C=C\c1nc(-c2ccc(N(C)C)cc2)sc1C=C. The molecule has 2 rings (SSSR count). The minimum absolute atomic E-state index is 0.941. The second kappa shape index (κ2) is 6.35. The van der Waals surface area contributed by atoms with E-state index in [1.54, 1.807) is 17.4 Å². The first kappa shape index (κ1) is 14.3. The van der Waals surface area contributed by atoms with E-state index in [-0.39, 0.29) is 0 Å². The van der Waals surface area contributed by atoms with E-state index < -0.39 is 0 Å². The average molecular weight is 282 g/mol. The van der Waals surface area contributed by atoms with Crippen LogP contribution in [0.15, 0.2) is 49.6 Å². The summed E-state index contributed by atoms with van der Waals surface area (Å²) < 4.78 is 0. The highest BCUT2D eigenvalue weighted by Gasteiger charge is 2.08. The lowest BCUT2D eigenvalue weighted by molar-refractivity contribution is 1.13. The Hall–Kier alpha value is -2.13. The molecule has 0 amide bonds. The van der Waals surface area contributed by atoms with Crippen LogP contribution in [0.25, 0.3) is 22.7 Å². The number of thiazole rings is 1. The van der Waals surface area contributed by atoms with Crippen LogP contribution in [0, 0.1) is 0 Å². The molecule has 1 aromatic heterocycles. The summed E-state index contributed by atoms with van der Waals surface area (Å²) >= 11 is 1.65. The number of nitrogens with zero attached hydrogens (tertiary/aromatic N) is 2. The molecule has 2 nitrogen and oxygen atoms in total. The molecule has 0 N–H and O–H groups in total. The lowest BCUT2D eigenvalue weighted by Crippen LogP contribution is -2.07. The molecule has 1 heterocycles. The molecular formula is C17H18N2S. The maximum atomic E-state index is 4.66. The van der Waals surface area contributed by atoms with Crippen LogP contribution >= 0.6 is 11.3 Å². The molecule has 1 aromatic carbocycles. The Balaban J connectivity index is 2.37. The van der Waals surface area contributed by atoms with Gasteiger partial charge in [0.25, 0.3) is 0 Å². The maximum absolute atomic E-state index is 4.66. The zero-order chi connectivity index (χ0) is 14.5. The molecule has 0 fully saturated rings. The predicted molar refractivity (Wildman–Crippen MR) is 91.2 cm³/mol. The molecule has 20 heavy (non-hydrogen) atoms. The smallest absolute Gasteiger partial charge is 0.124 e. The summed E-state index contributed by atoms with van der Waals surface area (Å²) in [6, 6.07) is 8.40. The lowest BCUT2D eigenvalue weighted by Gasteiger charge is -2.11. The first-order chi connectivity index (χ1) is 9.65. The van der Waals surface area contributed by atoms with E-state index in [2.05, 4.69) is 47.3 Å². The molecule has 0 aliphatic heterocycles. The summed E-state index contributed by atoms with van der Waals surface area (Å²) in [5.74, 6) is 0. The van der Waals surface area contributed by atoms with Gasteiger partial charge in [0, 0.05) is 25.3 Å². The van der Waals surface area contributed by atoms with E-state index in [0.717, 1.165) is 21.1 Å². The number of hydrogen-bond acceptors (Lipinski definition) is 3. The summed E-state index contributed by atoms with van der Waals surface area (Å²) in [6.07, 6.45) is 7.44. The topological polar surface area (TPSA) is 16.1 Å². The van der Waals surface area contributed by atoms with Gasteiger partial charge < -0.3 is 4.90 Å². The largest absolute Gasteiger partial charge is 0.378 e. The molecule has 0 aliphatic carbocycles. The Morgan fingerprint density at radius 3 is 2.40 bits per heavy atom. The molecule has 0 bridgehead atoms. The second-order valence-electron chi connectivity index (χ2n) is 4.51. The number of allylic oxidation sites excluding steroid dienone is 2. The van der Waals surface area contributed by atoms with Crippen LogP contribution in [-0.2, 0) is 0 Å². The fourth-order valence-electron chi connectivity index (χ4n) is 1.79. The van der Waals surface area contributed by atoms with E-state index in [0.29, 0.717) is 0 Å². The highest BCUT2D eigenvalue weighted by atomic mass is 32.1. The molecule has 0 spiro atoms. The van der Waals surface area contributed by atoms with Gasteiger partial charge in [-0.15, -0.1) is 11.3 Å². The van der Waals surface area contributed by atoms with Gasteiger partial charge in [-0.2, -0.15) is 0 Å². The number of rotatable bonds is 5. The number of anilines is 1. The van der Waals surface area contributed by atoms with Gasteiger partial charge in [0.15, 0.2) is 0 Å². The van der Waals surface area contributed by atoms with E-state index >= 15 is 0 Å². The fourth-order valence-corrected chi connectivity index (χ4v) is 2.70. The van der Waals surface area contributed by atoms with Crippen LogP contribution in [0.2, 0.25) is 0 Å². The van der Waals surface area contributed by atoms with E-state index in [1.807, 2.05) is 32.3 Å². The first-order valence-corrected chi connectivity index (χ1v) is 7.17. The Morgan fingerprint density at radius 2 is 1.85 bits per heavy atom. The number of benzene rings is 1. The fraction of sp³-hybridized carbons (Fsp3) is 0.118. The van der Waals surface area contributed by atoms with Gasteiger partial charge in [-0.3, -0.25) is 0 Å². The third-order valence-corrected chi connectivity index (χ3v) is 4.00. The van der Waals surface area contributed by atoms with Crippen LogP contribution in [0.1, 0.15) is 10.6 Å². The van der Waals surface area contributed by atoms with Crippen molar-refractivity contribution in [2.75, 3.05) is 19.0 Å². The quantitative estimate of drug-likeness (QED) is 0.738. The van der Waals surface area contributed by atoms with Crippen molar-refractivity contribution in [2.24, 2.45) is 0 Å². The van der Waals surface area contributed by atoms with Crippen molar-refractivity contribution < 1.29 is 0 Å². The van der Waals surface area contributed by atoms with Crippen LogP contribution in [0.4, 0.5) is 5.69 Å². The van der Waals surface area contributed by atoms with Gasteiger partial charge in [-0.1, -0.05) is 25.3 Å². The van der Waals surface area contributed by atoms with Gasteiger partial charge in [-0.05, 0) is 36.4 Å². The highest BCUT2D eigenvalue weighted by Crippen LogP contribution is 2.30. The zero-order valence-corrected chi connectivity index (χ0v) is 12.7. The average Bonchev–Trinajstić information content (AvgIpc) is 2.88. The normalized spacial score (nSPS) is 10.7. The molecule has 0 unspecified atom stereocenters. The molecule has 0 saturated carbocycles. The summed E-state index contributed by atoms with van der Waals surface area (Å²) in [7, 11) is 4.07. The van der Waals surface area contributed by atoms with Crippen LogP contribution in [-0.4, -0.2) is 19.1 Å². The zero-order valence-electron chi connectivity index (χ0n) is 11.8. The van der Waals surface area contributed by atoms with Crippen LogP contribution < -0.4 is 4.90 Å².